The molecule has 3 rings (SSSR count). The van der Waals surface area contributed by atoms with Crippen LogP contribution >= 0.6 is 11.6 Å². The van der Waals surface area contributed by atoms with Crippen molar-refractivity contribution in [2.45, 2.75) is 33.8 Å². The van der Waals surface area contributed by atoms with Gasteiger partial charge in [0.15, 0.2) is 0 Å². The fourth-order valence-corrected chi connectivity index (χ4v) is 3.25. The molecule has 1 N–H and O–H groups in total. The highest BCUT2D eigenvalue weighted by Crippen LogP contribution is 2.32. The molecule has 0 fully saturated rings. The summed E-state index contributed by atoms with van der Waals surface area (Å²) in [5, 5.41) is 2.67. The van der Waals surface area contributed by atoms with Gasteiger partial charge in [-0.25, -0.2) is 9.69 Å². The van der Waals surface area contributed by atoms with Crippen molar-refractivity contribution in [1.82, 2.24) is 0 Å². The average Bonchev–Trinajstić information content (AvgIpc) is 2.85. The molecule has 1 aliphatic rings. The van der Waals surface area contributed by atoms with E-state index in [2.05, 4.69) is 5.32 Å². The Morgan fingerprint density at radius 1 is 1.07 bits per heavy atom. The molecule has 0 aromatic heterocycles. The highest BCUT2D eigenvalue weighted by atomic mass is 35.5. The molecule has 2 aromatic carbocycles. The summed E-state index contributed by atoms with van der Waals surface area (Å²) in [6.07, 6.45) is -0.253. The van der Waals surface area contributed by atoms with Gasteiger partial charge >= 0.3 is 5.97 Å². The van der Waals surface area contributed by atoms with Crippen LogP contribution < -0.4 is 10.2 Å². The van der Waals surface area contributed by atoms with Gasteiger partial charge in [-0.1, -0.05) is 35.4 Å². The van der Waals surface area contributed by atoms with E-state index in [-0.39, 0.29) is 16.8 Å². The Labute approximate surface area is 174 Å². The standard InChI is InChI=1S/C22H21ClN2O4/c1-12(2)29-22(28)15-6-5-7-16(11-15)24-19-18(23)20(26)25(21(19)27)17-9-8-13(3)10-14(17)4/h5-12,24H,1-4H3. The lowest BCUT2D eigenvalue weighted by molar-refractivity contribution is -0.120. The van der Waals surface area contributed by atoms with E-state index in [1.165, 1.54) is 0 Å². The van der Waals surface area contributed by atoms with Gasteiger partial charge in [0.25, 0.3) is 11.8 Å². The van der Waals surface area contributed by atoms with Gasteiger partial charge in [-0.2, -0.15) is 0 Å². The summed E-state index contributed by atoms with van der Waals surface area (Å²) >= 11 is 6.19. The number of nitrogens with zero attached hydrogens (tertiary/aromatic N) is 1. The Balaban J connectivity index is 1.87. The Kier molecular flexibility index (Phi) is 5.75. The molecule has 2 aromatic rings. The summed E-state index contributed by atoms with van der Waals surface area (Å²) in [4.78, 5) is 38.8. The molecule has 0 unspecified atom stereocenters. The SMILES string of the molecule is Cc1ccc(N2C(=O)C(Cl)=C(Nc3cccc(C(=O)OC(C)C)c3)C2=O)c(C)c1. The quantitative estimate of drug-likeness (QED) is 0.585. The van der Waals surface area contributed by atoms with Gasteiger partial charge < -0.3 is 10.1 Å². The molecular weight excluding hydrogens is 392 g/mol. The predicted molar refractivity (Wildman–Crippen MR) is 112 cm³/mol. The number of rotatable bonds is 5. The third-order valence-corrected chi connectivity index (χ3v) is 4.68. The summed E-state index contributed by atoms with van der Waals surface area (Å²) in [7, 11) is 0. The minimum absolute atomic E-state index is 0.0361. The zero-order valence-corrected chi connectivity index (χ0v) is 17.3. The number of halogens is 1. The molecule has 0 radical (unpaired) electrons. The number of hydrogen-bond acceptors (Lipinski definition) is 5. The summed E-state index contributed by atoms with van der Waals surface area (Å²) in [5.41, 5.74) is 3.02. The van der Waals surface area contributed by atoms with Crippen molar-refractivity contribution in [2.75, 3.05) is 10.2 Å². The minimum Gasteiger partial charge on any atom is -0.459 e. The van der Waals surface area contributed by atoms with Gasteiger partial charge in [-0.3, -0.25) is 9.59 Å². The maximum absolute atomic E-state index is 12.9. The number of benzene rings is 2. The number of carbonyl (C=O) groups is 3. The Morgan fingerprint density at radius 3 is 2.45 bits per heavy atom. The van der Waals surface area contributed by atoms with Gasteiger partial charge in [0.2, 0.25) is 0 Å². The van der Waals surface area contributed by atoms with Gasteiger partial charge in [0.05, 0.1) is 17.4 Å². The van der Waals surface area contributed by atoms with E-state index >= 15 is 0 Å². The summed E-state index contributed by atoms with van der Waals surface area (Å²) in [5.74, 6) is -1.63. The largest absolute Gasteiger partial charge is 0.459 e. The van der Waals surface area contributed by atoms with Crippen LogP contribution in [0.2, 0.25) is 0 Å². The van der Waals surface area contributed by atoms with Gasteiger partial charge in [-0.05, 0) is 57.5 Å². The Bertz CT molecular complexity index is 1040. The van der Waals surface area contributed by atoms with Crippen molar-refractivity contribution in [3.63, 3.8) is 0 Å². The molecule has 150 valence electrons. The molecule has 0 saturated carbocycles. The molecule has 0 atom stereocenters. The molecule has 0 spiro atoms. The second-order valence-electron chi connectivity index (χ2n) is 7.08. The molecule has 0 saturated heterocycles. The summed E-state index contributed by atoms with van der Waals surface area (Å²) in [6, 6.07) is 11.9. The molecular formula is C22H21ClN2O4. The van der Waals surface area contributed by atoms with Crippen molar-refractivity contribution >= 4 is 40.8 Å². The number of esters is 1. The van der Waals surface area contributed by atoms with Crippen LogP contribution in [0.4, 0.5) is 11.4 Å². The van der Waals surface area contributed by atoms with Crippen LogP contribution in [0.15, 0.2) is 53.2 Å². The first-order valence-electron chi connectivity index (χ1n) is 9.13. The van der Waals surface area contributed by atoms with E-state index in [1.54, 1.807) is 44.2 Å². The number of carbonyl (C=O) groups excluding carboxylic acids is 3. The second-order valence-corrected chi connectivity index (χ2v) is 7.46. The molecule has 6 nitrogen and oxygen atoms in total. The molecule has 29 heavy (non-hydrogen) atoms. The van der Waals surface area contributed by atoms with Crippen molar-refractivity contribution < 1.29 is 19.1 Å². The van der Waals surface area contributed by atoms with E-state index < -0.39 is 17.8 Å². The summed E-state index contributed by atoms with van der Waals surface area (Å²) in [6.45, 7) is 7.27. The van der Waals surface area contributed by atoms with Gasteiger partial charge in [-0.15, -0.1) is 0 Å². The zero-order valence-electron chi connectivity index (χ0n) is 16.6. The predicted octanol–water partition coefficient (Wildman–Crippen LogP) is 4.30. The minimum atomic E-state index is -0.596. The van der Waals surface area contributed by atoms with E-state index in [0.717, 1.165) is 16.0 Å². The smallest absolute Gasteiger partial charge is 0.338 e. The third-order valence-electron chi connectivity index (χ3n) is 4.33. The van der Waals surface area contributed by atoms with Gasteiger partial charge in [0.1, 0.15) is 10.7 Å². The Morgan fingerprint density at radius 2 is 1.79 bits per heavy atom. The lowest BCUT2D eigenvalue weighted by Gasteiger charge is -2.18. The lowest BCUT2D eigenvalue weighted by atomic mass is 10.1. The van der Waals surface area contributed by atoms with Crippen LogP contribution in [0, 0.1) is 13.8 Å². The fourth-order valence-electron chi connectivity index (χ4n) is 3.04. The maximum Gasteiger partial charge on any atom is 0.338 e. The van der Waals surface area contributed by atoms with Crippen LogP contribution in [-0.2, 0) is 14.3 Å². The zero-order chi connectivity index (χ0) is 21.3. The lowest BCUT2D eigenvalue weighted by Crippen LogP contribution is -2.32. The first-order chi connectivity index (χ1) is 13.7. The molecule has 1 aliphatic heterocycles. The molecule has 0 bridgehead atoms. The monoisotopic (exact) mass is 412 g/mol. The fraction of sp³-hybridized carbons (Fsp3) is 0.227. The van der Waals surface area contributed by atoms with Crippen LogP contribution in [0.25, 0.3) is 0 Å². The number of hydrogen-bond donors (Lipinski definition) is 1. The molecule has 7 heteroatoms. The first kappa shape index (κ1) is 20.6. The normalized spacial score (nSPS) is 14.1. The first-order valence-corrected chi connectivity index (χ1v) is 9.50. The third kappa shape index (κ3) is 4.17. The van der Waals surface area contributed by atoms with Crippen LogP contribution in [0.3, 0.4) is 0 Å². The number of aryl methyl sites for hydroxylation is 2. The van der Waals surface area contributed by atoms with Crippen molar-refractivity contribution in [2.24, 2.45) is 0 Å². The van der Waals surface area contributed by atoms with Crippen LogP contribution in [-0.4, -0.2) is 23.9 Å². The Hall–Kier alpha value is -3.12. The van der Waals surface area contributed by atoms with E-state index in [9.17, 15) is 14.4 Å². The highest BCUT2D eigenvalue weighted by molar-refractivity contribution is 6.53. The molecule has 0 aliphatic carbocycles. The molecule has 2 amide bonds. The number of ether oxygens (including phenoxy) is 1. The van der Waals surface area contributed by atoms with E-state index in [0.29, 0.717) is 16.9 Å². The van der Waals surface area contributed by atoms with E-state index in [1.807, 2.05) is 26.0 Å². The van der Waals surface area contributed by atoms with Crippen molar-refractivity contribution in [3.8, 4) is 0 Å². The van der Waals surface area contributed by atoms with Gasteiger partial charge in [0, 0.05) is 5.69 Å². The topological polar surface area (TPSA) is 75.7 Å². The van der Waals surface area contributed by atoms with Crippen molar-refractivity contribution in [3.05, 3.63) is 69.9 Å². The number of anilines is 2. The summed E-state index contributed by atoms with van der Waals surface area (Å²) < 4.78 is 5.18. The van der Waals surface area contributed by atoms with Crippen molar-refractivity contribution in [1.29, 1.82) is 0 Å². The van der Waals surface area contributed by atoms with E-state index in [4.69, 9.17) is 16.3 Å². The second kappa shape index (κ2) is 8.09. The number of nitrogens with one attached hydrogen (secondary N) is 1. The number of amides is 2. The average molecular weight is 413 g/mol. The van der Waals surface area contributed by atoms with Crippen LogP contribution in [0.1, 0.15) is 35.3 Å². The number of imide groups is 1. The molecule has 1 heterocycles. The maximum atomic E-state index is 12.9. The highest BCUT2D eigenvalue weighted by Gasteiger charge is 2.39. The van der Waals surface area contributed by atoms with Crippen LogP contribution in [0.5, 0.6) is 0 Å².